The van der Waals surface area contributed by atoms with Gasteiger partial charge in [-0.15, -0.1) is 11.3 Å². The third-order valence-electron chi connectivity index (χ3n) is 3.59. The van der Waals surface area contributed by atoms with Gasteiger partial charge in [0.25, 0.3) is 0 Å². The molecule has 4 rings (SSSR count). The zero-order valence-corrected chi connectivity index (χ0v) is 12.6. The number of nitrogens with one attached hydrogen (secondary N) is 2. The van der Waals surface area contributed by atoms with Gasteiger partial charge in [-0.25, -0.2) is 4.98 Å². The van der Waals surface area contributed by atoms with Gasteiger partial charge >= 0.3 is 0 Å². The molecule has 21 heavy (non-hydrogen) atoms. The molecule has 0 atom stereocenters. The third kappa shape index (κ3) is 2.17. The Kier molecular flexibility index (Phi) is 3.05. The Morgan fingerprint density at radius 1 is 1.19 bits per heavy atom. The Balaban J connectivity index is 1.71. The number of anilines is 1. The number of rotatable bonds is 3. The van der Waals surface area contributed by atoms with E-state index in [-0.39, 0.29) is 0 Å². The minimum Gasteiger partial charge on any atom is -0.378 e. The molecule has 104 valence electrons. The average molecular weight is 314 g/mol. The van der Waals surface area contributed by atoms with Crippen molar-refractivity contribution in [3.05, 3.63) is 58.7 Å². The van der Waals surface area contributed by atoms with E-state index < -0.39 is 0 Å². The number of thiazole rings is 1. The Labute approximate surface area is 130 Å². The van der Waals surface area contributed by atoms with Crippen LogP contribution < -0.4 is 5.32 Å². The topological polar surface area (TPSA) is 40.7 Å². The van der Waals surface area contributed by atoms with Gasteiger partial charge < -0.3 is 10.3 Å². The summed E-state index contributed by atoms with van der Waals surface area (Å²) >= 11 is 7.94. The maximum absolute atomic E-state index is 6.32. The van der Waals surface area contributed by atoms with Crippen molar-refractivity contribution in [2.45, 2.75) is 6.54 Å². The molecule has 0 saturated carbocycles. The molecule has 3 nitrogen and oxygen atoms in total. The maximum Gasteiger partial charge on any atom is 0.106 e. The molecule has 2 aromatic carbocycles. The highest BCUT2D eigenvalue weighted by atomic mass is 35.5. The van der Waals surface area contributed by atoms with E-state index in [2.05, 4.69) is 39.6 Å². The lowest BCUT2D eigenvalue weighted by atomic mass is 10.1. The van der Waals surface area contributed by atoms with Crippen molar-refractivity contribution in [2.24, 2.45) is 0 Å². The molecule has 0 unspecified atom stereocenters. The van der Waals surface area contributed by atoms with Crippen LogP contribution in [0.15, 0.2) is 48.1 Å². The lowest BCUT2D eigenvalue weighted by Gasteiger charge is -2.10. The van der Waals surface area contributed by atoms with E-state index in [1.807, 2.05) is 23.8 Å². The van der Waals surface area contributed by atoms with Crippen LogP contribution in [-0.4, -0.2) is 9.97 Å². The van der Waals surface area contributed by atoms with Gasteiger partial charge in [-0.2, -0.15) is 0 Å². The number of halogens is 1. The van der Waals surface area contributed by atoms with Crippen LogP contribution in [0.3, 0.4) is 0 Å². The van der Waals surface area contributed by atoms with Gasteiger partial charge in [-0.3, -0.25) is 0 Å². The first-order chi connectivity index (χ1) is 10.3. The van der Waals surface area contributed by atoms with Gasteiger partial charge in [0.1, 0.15) is 5.52 Å². The van der Waals surface area contributed by atoms with Crippen molar-refractivity contribution in [1.82, 2.24) is 9.97 Å². The largest absolute Gasteiger partial charge is 0.378 e. The standard InChI is InChI=1S/C16H12ClN3S/c17-12-4-5-14-16(20-9-21-14)15(12)19-8-10-2-1-3-13-11(10)6-7-18-13/h1-7,9,18-19H,8H2. The maximum atomic E-state index is 6.32. The second-order valence-electron chi connectivity index (χ2n) is 4.83. The number of aromatic nitrogens is 2. The minimum atomic E-state index is 0.703. The third-order valence-corrected chi connectivity index (χ3v) is 4.70. The van der Waals surface area contributed by atoms with E-state index in [9.17, 15) is 0 Å². The summed E-state index contributed by atoms with van der Waals surface area (Å²) in [5.41, 5.74) is 6.07. The molecule has 0 aliphatic heterocycles. The molecule has 0 amide bonds. The van der Waals surface area contributed by atoms with Crippen LogP contribution >= 0.6 is 22.9 Å². The molecular formula is C16H12ClN3S. The number of nitrogens with zero attached hydrogens (tertiary/aromatic N) is 1. The van der Waals surface area contributed by atoms with Crippen LogP contribution in [0, 0.1) is 0 Å². The Hall–Kier alpha value is -2.04. The molecule has 0 bridgehead atoms. The zero-order chi connectivity index (χ0) is 14.2. The molecule has 4 aromatic rings. The Morgan fingerprint density at radius 2 is 2.14 bits per heavy atom. The Bertz CT molecular complexity index is 925. The molecule has 0 fully saturated rings. The highest BCUT2D eigenvalue weighted by Crippen LogP contribution is 2.32. The number of hydrogen-bond donors (Lipinski definition) is 2. The second-order valence-corrected chi connectivity index (χ2v) is 6.12. The summed E-state index contributed by atoms with van der Waals surface area (Å²) in [5.74, 6) is 0. The van der Waals surface area contributed by atoms with Crippen molar-refractivity contribution >= 4 is 49.7 Å². The van der Waals surface area contributed by atoms with E-state index in [1.54, 1.807) is 11.3 Å². The second kappa shape index (κ2) is 5.06. The van der Waals surface area contributed by atoms with Gasteiger partial charge in [-0.05, 0) is 29.8 Å². The number of hydrogen-bond acceptors (Lipinski definition) is 3. The summed E-state index contributed by atoms with van der Waals surface area (Å²) in [4.78, 5) is 7.64. The summed E-state index contributed by atoms with van der Waals surface area (Å²) < 4.78 is 1.14. The molecule has 0 aliphatic rings. The summed E-state index contributed by atoms with van der Waals surface area (Å²) in [5, 5.41) is 5.37. The number of benzene rings is 2. The van der Waals surface area contributed by atoms with E-state index >= 15 is 0 Å². The summed E-state index contributed by atoms with van der Waals surface area (Å²) in [6.07, 6.45) is 1.96. The van der Waals surface area contributed by atoms with Gasteiger partial charge in [-0.1, -0.05) is 23.7 Å². The van der Waals surface area contributed by atoms with E-state index in [0.717, 1.165) is 21.4 Å². The highest BCUT2D eigenvalue weighted by Gasteiger charge is 2.09. The molecule has 0 spiro atoms. The van der Waals surface area contributed by atoms with E-state index in [4.69, 9.17) is 11.6 Å². The summed E-state index contributed by atoms with van der Waals surface area (Å²) in [7, 11) is 0. The molecule has 0 radical (unpaired) electrons. The van der Waals surface area contributed by atoms with Crippen molar-refractivity contribution in [1.29, 1.82) is 0 Å². The lowest BCUT2D eigenvalue weighted by molar-refractivity contribution is 1.17. The average Bonchev–Trinajstić information content (AvgIpc) is 3.14. The molecule has 0 aliphatic carbocycles. The quantitative estimate of drug-likeness (QED) is 0.556. The normalized spacial score (nSPS) is 11.3. The smallest absolute Gasteiger partial charge is 0.106 e. The van der Waals surface area contributed by atoms with Crippen LogP contribution in [0.4, 0.5) is 5.69 Å². The molecule has 2 heterocycles. The predicted molar refractivity (Wildman–Crippen MR) is 90.3 cm³/mol. The minimum absolute atomic E-state index is 0.703. The van der Waals surface area contributed by atoms with Crippen LogP contribution in [-0.2, 0) is 6.54 Å². The van der Waals surface area contributed by atoms with Crippen LogP contribution in [0.1, 0.15) is 5.56 Å². The van der Waals surface area contributed by atoms with Gasteiger partial charge in [0.2, 0.25) is 0 Å². The summed E-state index contributed by atoms with van der Waals surface area (Å²) in [6, 6.07) is 12.3. The van der Waals surface area contributed by atoms with Gasteiger partial charge in [0, 0.05) is 23.6 Å². The predicted octanol–water partition coefficient (Wildman–Crippen LogP) is 5.04. The molecule has 5 heteroatoms. The first-order valence-corrected chi connectivity index (χ1v) is 7.89. The van der Waals surface area contributed by atoms with E-state index in [1.165, 1.54) is 10.9 Å². The van der Waals surface area contributed by atoms with Crippen molar-refractivity contribution < 1.29 is 0 Å². The first kappa shape index (κ1) is 12.7. The van der Waals surface area contributed by atoms with Gasteiger partial charge in [0.15, 0.2) is 0 Å². The van der Waals surface area contributed by atoms with E-state index in [0.29, 0.717) is 11.6 Å². The number of fused-ring (bicyclic) bond motifs is 2. The molecule has 0 saturated heterocycles. The van der Waals surface area contributed by atoms with Crippen LogP contribution in [0.2, 0.25) is 5.02 Å². The fourth-order valence-corrected chi connectivity index (χ4v) is 3.47. The van der Waals surface area contributed by atoms with Crippen LogP contribution in [0.5, 0.6) is 0 Å². The van der Waals surface area contributed by atoms with Crippen LogP contribution in [0.25, 0.3) is 21.1 Å². The van der Waals surface area contributed by atoms with Crippen molar-refractivity contribution in [3.8, 4) is 0 Å². The zero-order valence-electron chi connectivity index (χ0n) is 11.1. The lowest BCUT2D eigenvalue weighted by Crippen LogP contribution is -2.01. The molecular weight excluding hydrogens is 302 g/mol. The van der Waals surface area contributed by atoms with Crippen molar-refractivity contribution in [2.75, 3.05) is 5.32 Å². The first-order valence-electron chi connectivity index (χ1n) is 6.63. The number of aromatic amines is 1. The number of H-pyrrole nitrogens is 1. The SMILES string of the molecule is Clc1ccc2scnc2c1NCc1cccc2[nH]ccc12. The van der Waals surface area contributed by atoms with Gasteiger partial charge in [0.05, 0.1) is 20.9 Å². The Morgan fingerprint density at radius 3 is 3.10 bits per heavy atom. The fourth-order valence-electron chi connectivity index (χ4n) is 2.56. The molecule has 2 aromatic heterocycles. The highest BCUT2D eigenvalue weighted by molar-refractivity contribution is 7.16. The fraction of sp³-hybridized carbons (Fsp3) is 0.0625. The van der Waals surface area contributed by atoms with Crippen molar-refractivity contribution in [3.63, 3.8) is 0 Å². The summed E-state index contributed by atoms with van der Waals surface area (Å²) in [6.45, 7) is 0.714. The molecule has 2 N–H and O–H groups in total. The monoisotopic (exact) mass is 313 g/mol.